The van der Waals surface area contributed by atoms with Crippen LogP contribution in [0.4, 0.5) is 4.79 Å². The fraction of sp³-hybridized carbons (Fsp3) is 0.571. The molecule has 0 saturated heterocycles. The number of benzene rings is 1. The van der Waals surface area contributed by atoms with Gasteiger partial charge in [-0.2, -0.15) is 0 Å². The number of rotatable bonds is 9. The molecule has 1 atom stereocenters. The van der Waals surface area contributed by atoms with Crippen LogP contribution in [0.5, 0.6) is 5.75 Å². The van der Waals surface area contributed by atoms with Crippen molar-refractivity contribution in [1.29, 1.82) is 0 Å². The number of carboxylic acids is 1. The van der Waals surface area contributed by atoms with Gasteiger partial charge in [-0.3, -0.25) is 0 Å². The summed E-state index contributed by atoms with van der Waals surface area (Å²) in [5.74, 6) is 0.257. The summed E-state index contributed by atoms with van der Waals surface area (Å²) in [5.41, 5.74) is 1.98. The van der Waals surface area contributed by atoms with Gasteiger partial charge in [0, 0.05) is 5.02 Å². The zero-order valence-corrected chi connectivity index (χ0v) is 19.6. The minimum atomic E-state index is -1.70. The smallest absolute Gasteiger partial charge is 0.0843 e. The van der Waals surface area contributed by atoms with Crippen LogP contribution in [0.25, 0.3) is 0 Å². The van der Waals surface area contributed by atoms with E-state index in [9.17, 15) is 14.4 Å². The molecule has 1 amide bonds. The van der Waals surface area contributed by atoms with Crippen molar-refractivity contribution in [3.8, 4) is 5.75 Å². The summed E-state index contributed by atoms with van der Waals surface area (Å²) >= 11 is 4.13. The van der Waals surface area contributed by atoms with Crippen molar-refractivity contribution < 1.29 is 24.2 Å². The average molecular weight is 486 g/mol. The van der Waals surface area contributed by atoms with Crippen LogP contribution in [0.3, 0.4) is 0 Å². The van der Waals surface area contributed by atoms with Gasteiger partial charge in [0.2, 0.25) is 0 Å². The molecule has 0 spiro atoms. The SMILES string of the molecule is CN(CC[C@H]1CC[C@H](C(=O)[As](C)CCC(=O)O)CC1)C(=O)Oc1ccc(Cl)cc1. The molecule has 29 heavy (non-hydrogen) atoms. The van der Waals surface area contributed by atoms with E-state index in [1.807, 2.05) is 5.71 Å². The summed E-state index contributed by atoms with van der Waals surface area (Å²) in [6.45, 7) is 0.611. The van der Waals surface area contributed by atoms with Gasteiger partial charge in [-0.25, -0.2) is 0 Å². The molecule has 1 N–H and O–H groups in total. The number of hydrogen-bond acceptors (Lipinski definition) is 4. The van der Waals surface area contributed by atoms with Gasteiger partial charge in [-0.1, -0.05) is 11.6 Å². The number of aliphatic carboxylic acids is 1. The van der Waals surface area contributed by atoms with E-state index in [1.54, 1.807) is 36.2 Å². The fourth-order valence-corrected chi connectivity index (χ4v) is 7.08. The van der Waals surface area contributed by atoms with Crippen molar-refractivity contribution in [3.63, 3.8) is 0 Å². The molecule has 6 nitrogen and oxygen atoms in total. The second kappa shape index (κ2) is 11.6. The van der Waals surface area contributed by atoms with Gasteiger partial charge in [0.25, 0.3) is 0 Å². The van der Waals surface area contributed by atoms with E-state index in [2.05, 4.69) is 0 Å². The first-order chi connectivity index (χ1) is 13.8. The van der Waals surface area contributed by atoms with Crippen LogP contribution in [0.2, 0.25) is 15.9 Å². The van der Waals surface area contributed by atoms with Crippen LogP contribution in [-0.2, 0) is 9.59 Å². The molecule has 1 aromatic rings. The normalized spacial score (nSPS) is 20.0. The molecule has 0 aromatic heterocycles. The Bertz CT molecular complexity index is 704. The van der Waals surface area contributed by atoms with Gasteiger partial charge in [0.15, 0.2) is 0 Å². The molecule has 2 rings (SSSR count). The third-order valence-corrected chi connectivity index (χ3v) is 9.91. The third kappa shape index (κ3) is 8.02. The van der Waals surface area contributed by atoms with Crippen LogP contribution in [-0.4, -0.2) is 54.9 Å². The van der Waals surface area contributed by atoms with Crippen LogP contribution >= 0.6 is 11.6 Å². The molecular weight excluding hydrogens is 457 g/mol. The van der Waals surface area contributed by atoms with Crippen molar-refractivity contribution in [1.82, 2.24) is 4.90 Å². The van der Waals surface area contributed by atoms with Gasteiger partial charge >= 0.3 is 153 Å². The van der Waals surface area contributed by atoms with Crippen LogP contribution in [0.15, 0.2) is 24.3 Å². The minimum Gasteiger partial charge on any atom is -0.0843 e. The summed E-state index contributed by atoms with van der Waals surface area (Å²) in [6, 6.07) is 6.67. The molecule has 1 fully saturated rings. The summed E-state index contributed by atoms with van der Waals surface area (Å²) < 4.78 is 5.68. The van der Waals surface area contributed by atoms with Crippen molar-refractivity contribution >= 4 is 42.9 Å². The Hall–Kier alpha value is -1.52. The van der Waals surface area contributed by atoms with E-state index in [0.717, 1.165) is 32.1 Å². The van der Waals surface area contributed by atoms with E-state index < -0.39 is 26.7 Å². The van der Waals surface area contributed by atoms with Crippen molar-refractivity contribution in [2.75, 3.05) is 13.6 Å². The predicted molar refractivity (Wildman–Crippen MR) is 114 cm³/mol. The quantitative estimate of drug-likeness (QED) is 0.514. The standard InChI is InChI=1S/C21H29AsClNO5/c1-22(13-11-19(25)26)20(27)16-5-3-15(4-6-16)12-14-24(2)21(28)29-18-9-7-17(23)8-10-18/h7-10,15-16H,3-6,11-14H2,1-2H3,(H,25,26)/t15-,16-,22?. The number of amides is 1. The summed E-state index contributed by atoms with van der Waals surface area (Å²) in [7, 11) is 1.73. The number of ether oxygens (including phenoxy) is 1. The number of carboxylic acid groups (broad SMARTS) is 1. The van der Waals surface area contributed by atoms with Gasteiger partial charge in [-0.05, 0) is 12.1 Å². The van der Waals surface area contributed by atoms with E-state index in [0.29, 0.717) is 33.0 Å². The van der Waals surface area contributed by atoms with Gasteiger partial charge in [-0.15, -0.1) is 0 Å². The summed E-state index contributed by atoms with van der Waals surface area (Å²) in [5, 5.41) is 9.94. The van der Waals surface area contributed by atoms with Gasteiger partial charge in [0.1, 0.15) is 0 Å². The first-order valence-corrected chi connectivity index (χ1v) is 14.4. The molecular formula is C21H29AsClNO5. The maximum absolute atomic E-state index is 12.6. The topological polar surface area (TPSA) is 83.9 Å². The Balaban J connectivity index is 1.69. The molecule has 0 heterocycles. The zero-order chi connectivity index (χ0) is 21.4. The number of nitrogens with zero attached hydrogens (tertiary/aromatic N) is 1. The molecule has 160 valence electrons. The molecule has 0 bridgehead atoms. The summed E-state index contributed by atoms with van der Waals surface area (Å²) in [4.78, 5) is 37.0. The average Bonchev–Trinajstić information content (AvgIpc) is 2.71. The summed E-state index contributed by atoms with van der Waals surface area (Å²) in [6.07, 6.45) is 4.34. The molecule has 1 aromatic carbocycles. The van der Waals surface area contributed by atoms with E-state index in [-0.39, 0.29) is 12.3 Å². The number of hydrogen-bond donors (Lipinski definition) is 1. The van der Waals surface area contributed by atoms with E-state index >= 15 is 0 Å². The Morgan fingerprint density at radius 2 is 1.79 bits per heavy atom. The predicted octanol–water partition coefficient (Wildman–Crippen LogP) is 4.67. The Morgan fingerprint density at radius 1 is 1.17 bits per heavy atom. The first kappa shape index (κ1) is 23.8. The van der Waals surface area contributed by atoms with E-state index in [1.165, 1.54) is 0 Å². The number of halogens is 1. The molecule has 0 radical (unpaired) electrons. The first-order valence-electron chi connectivity index (χ1n) is 9.91. The molecule has 0 aliphatic heterocycles. The van der Waals surface area contributed by atoms with Gasteiger partial charge < -0.3 is 0 Å². The zero-order valence-electron chi connectivity index (χ0n) is 17.0. The van der Waals surface area contributed by atoms with Crippen molar-refractivity contribution in [2.24, 2.45) is 11.8 Å². The Labute approximate surface area is 181 Å². The van der Waals surface area contributed by atoms with Crippen molar-refractivity contribution in [2.45, 2.75) is 49.4 Å². The van der Waals surface area contributed by atoms with Crippen LogP contribution in [0.1, 0.15) is 38.5 Å². The van der Waals surface area contributed by atoms with Gasteiger partial charge in [0.05, 0.1) is 0 Å². The molecule has 1 unspecified atom stereocenters. The molecule has 1 aliphatic rings. The van der Waals surface area contributed by atoms with E-state index in [4.69, 9.17) is 21.4 Å². The second-order valence-corrected chi connectivity index (χ2v) is 12.9. The molecule has 1 saturated carbocycles. The minimum absolute atomic E-state index is 0.107. The molecule has 8 heteroatoms. The number of carbonyl (C=O) groups is 3. The second-order valence-electron chi connectivity index (χ2n) is 7.65. The third-order valence-electron chi connectivity index (χ3n) is 5.44. The number of carbonyl (C=O) groups excluding carboxylic acids is 2. The fourth-order valence-electron chi connectivity index (χ4n) is 3.53. The maximum atomic E-state index is 12.6. The monoisotopic (exact) mass is 485 g/mol. The van der Waals surface area contributed by atoms with Crippen LogP contribution < -0.4 is 4.74 Å². The Kier molecular flexibility index (Phi) is 9.51. The van der Waals surface area contributed by atoms with Crippen LogP contribution in [0, 0.1) is 11.8 Å². The van der Waals surface area contributed by atoms with Crippen molar-refractivity contribution in [3.05, 3.63) is 29.3 Å². The Morgan fingerprint density at radius 3 is 2.38 bits per heavy atom. The molecule has 1 aliphatic carbocycles.